The standard InChI is InChI=1S/C18H14Cl2N2O3/c1-22-17(23)15(21-18(22)24)8-11-4-2-3-5-16(11)25-10-12-6-7-13(19)9-14(12)20/h2-9H,10H2,1H3,(H,21,24)/b15-8+. The van der Waals surface area contributed by atoms with E-state index in [1.54, 1.807) is 36.4 Å². The Kier molecular flexibility index (Phi) is 4.97. The van der Waals surface area contributed by atoms with E-state index in [2.05, 4.69) is 5.32 Å². The number of halogens is 2. The molecule has 0 bridgehead atoms. The molecule has 0 unspecified atom stereocenters. The van der Waals surface area contributed by atoms with Crippen LogP contribution in [0.3, 0.4) is 0 Å². The Morgan fingerprint density at radius 3 is 2.60 bits per heavy atom. The highest BCUT2D eigenvalue weighted by molar-refractivity contribution is 6.35. The second-order valence-corrected chi connectivity index (χ2v) is 6.26. The molecule has 2 aromatic rings. The third-order valence-corrected chi connectivity index (χ3v) is 4.29. The molecule has 0 aliphatic carbocycles. The lowest BCUT2D eigenvalue weighted by Crippen LogP contribution is -2.25. The first kappa shape index (κ1) is 17.3. The van der Waals surface area contributed by atoms with Gasteiger partial charge in [0.2, 0.25) is 0 Å². The number of carbonyl (C=O) groups is 2. The van der Waals surface area contributed by atoms with Crippen LogP contribution in [0.15, 0.2) is 48.2 Å². The van der Waals surface area contributed by atoms with E-state index in [-0.39, 0.29) is 18.2 Å². The minimum absolute atomic E-state index is 0.202. The first-order valence-corrected chi connectivity index (χ1v) is 8.18. The summed E-state index contributed by atoms with van der Waals surface area (Å²) in [6, 6.07) is 11.9. The van der Waals surface area contributed by atoms with E-state index in [0.717, 1.165) is 10.5 Å². The van der Waals surface area contributed by atoms with Crippen LogP contribution in [0.25, 0.3) is 6.08 Å². The van der Waals surface area contributed by atoms with Gasteiger partial charge in [0.1, 0.15) is 18.1 Å². The number of nitrogens with one attached hydrogen (secondary N) is 1. The predicted octanol–water partition coefficient (Wildman–Crippen LogP) is 4.09. The highest BCUT2D eigenvalue weighted by atomic mass is 35.5. The fourth-order valence-electron chi connectivity index (χ4n) is 2.30. The molecule has 1 heterocycles. The normalized spacial score (nSPS) is 15.6. The minimum atomic E-state index is -0.456. The summed E-state index contributed by atoms with van der Waals surface area (Å²) >= 11 is 12.0. The van der Waals surface area contributed by atoms with Gasteiger partial charge in [0.25, 0.3) is 5.91 Å². The largest absolute Gasteiger partial charge is 0.488 e. The number of amides is 3. The van der Waals surface area contributed by atoms with Gasteiger partial charge >= 0.3 is 6.03 Å². The molecule has 3 amide bonds. The molecule has 0 atom stereocenters. The van der Waals surface area contributed by atoms with E-state index in [1.807, 2.05) is 12.1 Å². The third-order valence-electron chi connectivity index (χ3n) is 3.70. The maximum absolute atomic E-state index is 12.0. The van der Waals surface area contributed by atoms with Crippen LogP contribution >= 0.6 is 23.2 Å². The molecule has 2 aromatic carbocycles. The molecule has 128 valence electrons. The summed E-state index contributed by atoms with van der Waals surface area (Å²) in [7, 11) is 1.42. The highest BCUT2D eigenvalue weighted by Gasteiger charge is 2.30. The lowest BCUT2D eigenvalue weighted by molar-refractivity contribution is -0.121. The average molecular weight is 377 g/mol. The first-order valence-electron chi connectivity index (χ1n) is 7.42. The minimum Gasteiger partial charge on any atom is -0.488 e. The van der Waals surface area contributed by atoms with Gasteiger partial charge in [-0.15, -0.1) is 0 Å². The van der Waals surface area contributed by atoms with E-state index < -0.39 is 6.03 Å². The number of imide groups is 1. The van der Waals surface area contributed by atoms with Crippen LogP contribution < -0.4 is 10.1 Å². The molecule has 1 saturated heterocycles. The van der Waals surface area contributed by atoms with E-state index in [0.29, 0.717) is 21.4 Å². The molecule has 1 aliphatic rings. The topological polar surface area (TPSA) is 58.6 Å². The Morgan fingerprint density at radius 2 is 1.92 bits per heavy atom. The number of carbonyl (C=O) groups excluding carboxylic acids is 2. The smallest absolute Gasteiger partial charge is 0.328 e. The fourth-order valence-corrected chi connectivity index (χ4v) is 2.77. The molecule has 1 fully saturated rings. The summed E-state index contributed by atoms with van der Waals surface area (Å²) in [5.41, 5.74) is 1.66. The SMILES string of the molecule is CN1C(=O)N/C(=C/c2ccccc2OCc2ccc(Cl)cc2Cl)C1=O. The van der Waals surface area contributed by atoms with Gasteiger partial charge in [-0.05, 0) is 24.3 Å². The van der Waals surface area contributed by atoms with E-state index >= 15 is 0 Å². The van der Waals surface area contributed by atoms with Crippen molar-refractivity contribution in [3.8, 4) is 5.75 Å². The van der Waals surface area contributed by atoms with Crippen LogP contribution in [-0.2, 0) is 11.4 Å². The van der Waals surface area contributed by atoms with Gasteiger partial charge in [0, 0.05) is 28.2 Å². The Balaban J connectivity index is 1.82. The zero-order valence-corrected chi connectivity index (χ0v) is 14.8. The number of ether oxygens (including phenoxy) is 1. The number of nitrogens with zero attached hydrogens (tertiary/aromatic N) is 1. The lowest BCUT2D eigenvalue weighted by Gasteiger charge is -2.11. The summed E-state index contributed by atoms with van der Waals surface area (Å²) in [5, 5.41) is 3.60. The molecule has 0 aromatic heterocycles. The molecule has 1 N–H and O–H groups in total. The second-order valence-electron chi connectivity index (χ2n) is 5.41. The summed E-state index contributed by atoms with van der Waals surface area (Å²) in [6.45, 7) is 0.246. The Morgan fingerprint density at radius 1 is 1.16 bits per heavy atom. The molecule has 3 rings (SSSR count). The molecule has 0 radical (unpaired) electrons. The van der Waals surface area contributed by atoms with Crippen molar-refractivity contribution >= 4 is 41.2 Å². The van der Waals surface area contributed by atoms with Gasteiger partial charge in [0.05, 0.1) is 0 Å². The van der Waals surface area contributed by atoms with Crippen molar-refractivity contribution in [1.29, 1.82) is 0 Å². The molecule has 5 nitrogen and oxygen atoms in total. The van der Waals surface area contributed by atoms with Gasteiger partial charge in [-0.2, -0.15) is 0 Å². The monoisotopic (exact) mass is 376 g/mol. The number of likely N-dealkylation sites (N-methyl/N-ethyl adjacent to an activating group) is 1. The quantitative estimate of drug-likeness (QED) is 0.645. The van der Waals surface area contributed by atoms with Crippen LogP contribution in [0.4, 0.5) is 4.79 Å². The molecule has 25 heavy (non-hydrogen) atoms. The van der Waals surface area contributed by atoms with Crippen molar-refractivity contribution in [3.63, 3.8) is 0 Å². The molecular formula is C18H14Cl2N2O3. The summed E-state index contributed by atoms with van der Waals surface area (Å²) in [5.74, 6) is 0.179. The Labute approximate surface area is 154 Å². The number of hydrogen-bond donors (Lipinski definition) is 1. The van der Waals surface area contributed by atoms with Crippen molar-refractivity contribution in [2.24, 2.45) is 0 Å². The average Bonchev–Trinajstić information content (AvgIpc) is 2.82. The Hall–Kier alpha value is -2.50. The zero-order valence-electron chi connectivity index (χ0n) is 13.3. The second kappa shape index (κ2) is 7.17. The summed E-state index contributed by atoms with van der Waals surface area (Å²) in [6.07, 6.45) is 1.59. The highest BCUT2D eigenvalue weighted by Crippen LogP contribution is 2.26. The van der Waals surface area contributed by atoms with Crippen LogP contribution in [-0.4, -0.2) is 23.9 Å². The van der Waals surface area contributed by atoms with Crippen molar-refractivity contribution in [2.75, 3.05) is 7.05 Å². The van der Waals surface area contributed by atoms with Gasteiger partial charge in [0.15, 0.2) is 0 Å². The summed E-state index contributed by atoms with van der Waals surface area (Å²) in [4.78, 5) is 24.5. The predicted molar refractivity (Wildman–Crippen MR) is 96.5 cm³/mol. The molecule has 7 heteroatoms. The van der Waals surface area contributed by atoms with Crippen molar-refractivity contribution < 1.29 is 14.3 Å². The van der Waals surface area contributed by atoms with Gasteiger partial charge in [-0.25, -0.2) is 4.79 Å². The van der Waals surface area contributed by atoms with Crippen LogP contribution in [0.2, 0.25) is 10.0 Å². The maximum Gasteiger partial charge on any atom is 0.328 e. The molecule has 0 saturated carbocycles. The third kappa shape index (κ3) is 3.78. The number of para-hydroxylation sites is 1. The van der Waals surface area contributed by atoms with Crippen molar-refractivity contribution in [2.45, 2.75) is 6.61 Å². The van der Waals surface area contributed by atoms with Crippen LogP contribution in [0.1, 0.15) is 11.1 Å². The first-order chi connectivity index (χ1) is 12.0. The fraction of sp³-hybridized carbons (Fsp3) is 0.111. The lowest BCUT2D eigenvalue weighted by atomic mass is 10.1. The number of rotatable bonds is 4. The van der Waals surface area contributed by atoms with E-state index in [9.17, 15) is 9.59 Å². The number of hydrogen-bond acceptors (Lipinski definition) is 3. The Bertz CT molecular complexity index is 880. The van der Waals surface area contributed by atoms with Crippen LogP contribution in [0, 0.1) is 0 Å². The van der Waals surface area contributed by atoms with Crippen molar-refractivity contribution in [3.05, 3.63) is 69.3 Å². The number of urea groups is 1. The van der Waals surface area contributed by atoms with E-state index in [4.69, 9.17) is 27.9 Å². The van der Waals surface area contributed by atoms with Gasteiger partial charge in [-0.1, -0.05) is 47.5 Å². The number of benzene rings is 2. The van der Waals surface area contributed by atoms with Crippen LogP contribution in [0.5, 0.6) is 5.75 Å². The van der Waals surface area contributed by atoms with E-state index in [1.165, 1.54) is 7.05 Å². The maximum atomic E-state index is 12.0. The van der Waals surface area contributed by atoms with Gasteiger partial charge in [-0.3, -0.25) is 9.69 Å². The van der Waals surface area contributed by atoms with Gasteiger partial charge < -0.3 is 10.1 Å². The molecule has 1 aliphatic heterocycles. The molecule has 0 spiro atoms. The zero-order chi connectivity index (χ0) is 18.0. The molecular weight excluding hydrogens is 363 g/mol. The van der Waals surface area contributed by atoms with Crippen molar-refractivity contribution in [1.82, 2.24) is 10.2 Å². The summed E-state index contributed by atoms with van der Waals surface area (Å²) < 4.78 is 5.83.